The number of ketones is 1. The highest BCUT2D eigenvalue weighted by Gasteiger charge is 2.60. The van der Waals surface area contributed by atoms with Gasteiger partial charge in [-0.2, -0.15) is 0 Å². The van der Waals surface area contributed by atoms with Gasteiger partial charge in [0.05, 0.1) is 6.10 Å². The van der Waals surface area contributed by atoms with Crippen molar-refractivity contribution in [1.82, 2.24) is 0 Å². The van der Waals surface area contributed by atoms with Gasteiger partial charge in [0, 0.05) is 5.92 Å². The van der Waals surface area contributed by atoms with Crippen molar-refractivity contribution in [3.63, 3.8) is 0 Å². The third-order valence-corrected chi connectivity index (χ3v) is 9.13. The predicted octanol–water partition coefficient (Wildman–Crippen LogP) is 4.60. The zero-order valence-corrected chi connectivity index (χ0v) is 15.2. The fourth-order valence-electron chi connectivity index (χ4n) is 7.90. The Bertz CT molecular complexity index is 500. The van der Waals surface area contributed by atoms with Crippen molar-refractivity contribution in [2.24, 2.45) is 40.4 Å². The molecule has 4 aliphatic carbocycles. The Morgan fingerprint density at radius 1 is 0.913 bits per heavy atom. The lowest BCUT2D eigenvalue weighted by atomic mass is 9.44. The molecule has 0 spiro atoms. The van der Waals surface area contributed by atoms with Crippen molar-refractivity contribution >= 4 is 5.78 Å². The SMILES string of the molecule is CC(=O)C1CCC2C3CCC4CC(O)CCC4(C)C3CC[C@]12C. The average Bonchev–Trinajstić information content (AvgIpc) is 2.85. The predicted molar refractivity (Wildman–Crippen MR) is 91.9 cm³/mol. The molecule has 1 N–H and O–H groups in total. The van der Waals surface area contributed by atoms with Crippen LogP contribution in [0.3, 0.4) is 0 Å². The Balaban J connectivity index is 1.61. The largest absolute Gasteiger partial charge is 0.393 e. The van der Waals surface area contributed by atoms with Crippen LogP contribution in [-0.4, -0.2) is 17.0 Å². The normalized spacial score (nSPS) is 55.7. The van der Waals surface area contributed by atoms with Gasteiger partial charge in [-0.05, 0) is 99.2 Å². The van der Waals surface area contributed by atoms with E-state index >= 15 is 0 Å². The summed E-state index contributed by atoms with van der Waals surface area (Å²) in [5.41, 5.74) is 0.738. The molecular weight excluding hydrogens is 284 g/mol. The number of hydrogen-bond acceptors (Lipinski definition) is 2. The van der Waals surface area contributed by atoms with E-state index in [0.717, 1.165) is 42.9 Å². The molecule has 4 aliphatic rings. The van der Waals surface area contributed by atoms with Crippen LogP contribution in [0.5, 0.6) is 0 Å². The number of Topliss-reactive ketones (excluding diaryl/α,β-unsaturated/α-hetero) is 1. The lowest BCUT2D eigenvalue weighted by molar-refractivity contribution is -0.138. The topological polar surface area (TPSA) is 37.3 Å². The second-order valence-electron chi connectivity index (χ2n) is 9.87. The van der Waals surface area contributed by atoms with Crippen molar-refractivity contribution < 1.29 is 9.90 Å². The highest BCUT2D eigenvalue weighted by molar-refractivity contribution is 5.79. The first-order valence-corrected chi connectivity index (χ1v) is 10.0. The zero-order chi connectivity index (χ0) is 16.4. The zero-order valence-electron chi connectivity index (χ0n) is 15.2. The minimum atomic E-state index is -0.0490. The molecule has 0 aliphatic heterocycles. The third-order valence-electron chi connectivity index (χ3n) is 9.13. The molecule has 0 aromatic heterocycles. The van der Waals surface area contributed by atoms with E-state index in [0.29, 0.717) is 17.1 Å². The maximum atomic E-state index is 12.2. The highest BCUT2D eigenvalue weighted by atomic mass is 16.3. The van der Waals surface area contributed by atoms with Crippen molar-refractivity contribution in [3.05, 3.63) is 0 Å². The molecule has 2 nitrogen and oxygen atoms in total. The Morgan fingerprint density at radius 3 is 2.35 bits per heavy atom. The fraction of sp³-hybridized carbons (Fsp3) is 0.952. The first kappa shape index (κ1) is 16.1. The van der Waals surface area contributed by atoms with E-state index < -0.39 is 0 Å². The van der Waals surface area contributed by atoms with Crippen molar-refractivity contribution in [1.29, 1.82) is 0 Å². The van der Waals surface area contributed by atoms with Gasteiger partial charge < -0.3 is 5.11 Å². The molecule has 0 aromatic carbocycles. The van der Waals surface area contributed by atoms with E-state index in [9.17, 15) is 9.90 Å². The van der Waals surface area contributed by atoms with E-state index in [1.54, 1.807) is 0 Å². The standard InChI is InChI=1S/C21H34O2/c1-13(22)17-6-7-18-16-5-4-14-12-15(23)8-10-20(14,2)19(16)9-11-21(17,18)3/h14-19,23H,4-12H2,1-3H3/t14?,15?,16?,17?,18?,19?,20?,21-/m1/s1. The number of rotatable bonds is 1. The second kappa shape index (κ2) is 5.31. The summed E-state index contributed by atoms with van der Waals surface area (Å²) in [5.74, 6) is 3.97. The number of aliphatic hydroxyl groups excluding tert-OH is 1. The van der Waals surface area contributed by atoms with Gasteiger partial charge in [-0.1, -0.05) is 13.8 Å². The van der Waals surface area contributed by atoms with Crippen LogP contribution in [0.25, 0.3) is 0 Å². The Hall–Kier alpha value is -0.370. The molecule has 2 heteroatoms. The van der Waals surface area contributed by atoms with Crippen LogP contribution < -0.4 is 0 Å². The molecule has 7 unspecified atom stereocenters. The molecule has 23 heavy (non-hydrogen) atoms. The molecular formula is C21H34O2. The molecule has 0 heterocycles. The Morgan fingerprint density at radius 2 is 1.61 bits per heavy atom. The molecule has 8 atom stereocenters. The number of carbonyl (C=O) groups excluding carboxylic acids is 1. The summed E-state index contributed by atoms with van der Waals surface area (Å²) in [7, 11) is 0. The molecule has 0 amide bonds. The van der Waals surface area contributed by atoms with Crippen LogP contribution in [0.4, 0.5) is 0 Å². The number of fused-ring (bicyclic) bond motifs is 5. The number of carbonyl (C=O) groups is 1. The monoisotopic (exact) mass is 318 g/mol. The summed E-state index contributed by atoms with van der Waals surface area (Å²) in [4.78, 5) is 12.2. The maximum absolute atomic E-state index is 12.2. The highest BCUT2D eigenvalue weighted by Crippen LogP contribution is 2.67. The summed E-state index contributed by atoms with van der Waals surface area (Å²) in [6.07, 6.45) is 10.9. The van der Waals surface area contributed by atoms with Crippen LogP contribution in [0.15, 0.2) is 0 Å². The Labute approximate surface area is 141 Å². The van der Waals surface area contributed by atoms with Crippen LogP contribution in [0.2, 0.25) is 0 Å². The third kappa shape index (κ3) is 2.19. The van der Waals surface area contributed by atoms with E-state index in [4.69, 9.17) is 0 Å². The first-order valence-electron chi connectivity index (χ1n) is 10.0. The molecule has 0 aromatic rings. The summed E-state index contributed by atoms with van der Waals surface area (Å²) in [5, 5.41) is 10.1. The van der Waals surface area contributed by atoms with Crippen LogP contribution >= 0.6 is 0 Å². The van der Waals surface area contributed by atoms with Crippen molar-refractivity contribution in [3.8, 4) is 0 Å². The first-order chi connectivity index (χ1) is 10.9. The summed E-state index contributed by atoms with van der Waals surface area (Å²) < 4.78 is 0. The average molecular weight is 319 g/mol. The molecule has 0 radical (unpaired) electrons. The molecule has 4 saturated carbocycles. The summed E-state index contributed by atoms with van der Waals surface area (Å²) in [6.45, 7) is 6.80. The summed E-state index contributed by atoms with van der Waals surface area (Å²) >= 11 is 0. The minimum absolute atomic E-state index is 0.0490. The molecule has 0 saturated heterocycles. The quantitative estimate of drug-likeness (QED) is 0.767. The van der Waals surface area contributed by atoms with E-state index in [1.165, 1.54) is 38.5 Å². The van der Waals surface area contributed by atoms with Crippen molar-refractivity contribution in [2.45, 2.75) is 84.7 Å². The second-order valence-corrected chi connectivity index (χ2v) is 9.87. The van der Waals surface area contributed by atoms with Crippen molar-refractivity contribution in [2.75, 3.05) is 0 Å². The summed E-state index contributed by atoms with van der Waals surface area (Å²) in [6, 6.07) is 0. The van der Waals surface area contributed by atoms with Gasteiger partial charge in [0.1, 0.15) is 5.78 Å². The van der Waals surface area contributed by atoms with Gasteiger partial charge in [-0.25, -0.2) is 0 Å². The van der Waals surface area contributed by atoms with E-state index in [2.05, 4.69) is 13.8 Å². The van der Waals surface area contributed by atoms with Crippen LogP contribution in [0.1, 0.15) is 78.6 Å². The molecule has 0 bridgehead atoms. The lowest BCUT2D eigenvalue weighted by Crippen LogP contribution is -2.54. The molecule has 4 fully saturated rings. The van der Waals surface area contributed by atoms with Gasteiger partial charge in [-0.3, -0.25) is 4.79 Å². The number of hydrogen-bond donors (Lipinski definition) is 1. The van der Waals surface area contributed by atoms with Crippen LogP contribution in [0, 0.1) is 40.4 Å². The smallest absolute Gasteiger partial charge is 0.133 e. The van der Waals surface area contributed by atoms with E-state index in [-0.39, 0.29) is 11.5 Å². The van der Waals surface area contributed by atoms with Crippen LogP contribution in [-0.2, 0) is 4.79 Å². The minimum Gasteiger partial charge on any atom is -0.393 e. The van der Waals surface area contributed by atoms with Gasteiger partial charge in [-0.15, -0.1) is 0 Å². The van der Waals surface area contributed by atoms with E-state index in [1.807, 2.05) is 6.92 Å². The number of aliphatic hydroxyl groups is 1. The molecule has 4 rings (SSSR count). The van der Waals surface area contributed by atoms with Gasteiger partial charge in [0.25, 0.3) is 0 Å². The molecule has 130 valence electrons. The maximum Gasteiger partial charge on any atom is 0.133 e. The van der Waals surface area contributed by atoms with Gasteiger partial charge in [0.2, 0.25) is 0 Å². The van der Waals surface area contributed by atoms with Gasteiger partial charge >= 0.3 is 0 Å². The lowest BCUT2D eigenvalue weighted by Gasteiger charge is -2.60. The van der Waals surface area contributed by atoms with Gasteiger partial charge in [0.15, 0.2) is 0 Å². The Kier molecular flexibility index (Phi) is 3.72. The fourth-order valence-corrected chi connectivity index (χ4v) is 7.90.